The molecule has 1 heterocycles. The van der Waals surface area contributed by atoms with Gasteiger partial charge in [0.25, 0.3) is 0 Å². The van der Waals surface area contributed by atoms with Crippen molar-refractivity contribution in [2.45, 2.75) is 32.1 Å². The van der Waals surface area contributed by atoms with Gasteiger partial charge in [-0.05, 0) is 54.3 Å². The van der Waals surface area contributed by atoms with Gasteiger partial charge >= 0.3 is 0 Å². The molecule has 0 radical (unpaired) electrons. The summed E-state index contributed by atoms with van der Waals surface area (Å²) in [5.41, 5.74) is 4.72. The number of hydrogen-bond donors (Lipinski definition) is 1. The van der Waals surface area contributed by atoms with E-state index in [0.29, 0.717) is 12.2 Å². The molecule has 1 N–H and O–H groups in total. The molecule has 0 saturated carbocycles. The molecule has 0 atom stereocenters. The lowest BCUT2D eigenvalue weighted by Crippen LogP contribution is -2.24. The summed E-state index contributed by atoms with van der Waals surface area (Å²) in [6, 6.07) is 11.5. The molecule has 0 spiro atoms. The second kappa shape index (κ2) is 7.47. The van der Waals surface area contributed by atoms with E-state index in [1.165, 1.54) is 32.8 Å². The Labute approximate surface area is 160 Å². The normalized spacial score (nSPS) is 18.5. The number of fused-ring (bicyclic) bond motifs is 1. The number of aromatic hydroxyl groups is 1. The first kappa shape index (κ1) is 17.7. The number of phenols is 1. The number of anilines is 1. The van der Waals surface area contributed by atoms with Gasteiger partial charge < -0.3 is 14.7 Å². The maximum atomic E-state index is 13.0. The minimum absolute atomic E-state index is 0.0998. The number of carbonyl (C=O) groups is 1. The molecular weight excluding hydrogens is 338 g/mol. The van der Waals surface area contributed by atoms with Crippen LogP contribution < -0.4 is 9.64 Å². The SMILES string of the molecule is COc1cc(/C=C2\Cc3ccc(N4CCCCCC4)cc3C2=O)ccc1O. The van der Waals surface area contributed by atoms with E-state index in [1.54, 1.807) is 18.2 Å². The molecule has 4 heteroatoms. The number of ether oxygens (including phenoxy) is 1. The highest BCUT2D eigenvalue weighted by atomic mass is 16.5. The minimum Gasteiger partial charge on any atom is -0.504 e. The van der Waals surface area contributed by atoms with Gasteiger partial charge in [0.15, 0.2) is 17.3 Å². The van der Waals surface area contributed by atoms with Crippen molar-refractivity contribution in [3.05, 3.63) is 58.7 Å². The quantitative estimate of drug-likeness (QED) is 0.810. The van der Waals surface area contributed by atoms with Gasteiger partial charge in [-0.25, -0.2) is 0 Å². The van der Waals surface area contributed by atoms with Gasteiger partial charge in [-0.15, -0.1) is 0 Å². The second-order valence-corrected chi connectivity index (χ2v) is 7.35. The summed E-state index contributed by atoms with van der Waals surface area (Å²) in [6.07, 6.45) is 7.58. The lowest BCUT2D eigenvalue weighted by molar-refractivity contribution is 0.104. The number of nitrogens with zero attached hydrogens (tertiary/aromatic N) is 1. The standard InChI is InChI=1S/C23H25NO3/c1-27-22-13-16(6-9-21(22)25)12-18-14-17-7-8-19(15-20(17)23(18)26)24-10-4-2-3-5-11-24/h6-9,12-13,15,25H,2-5,10-11,14H2,1H3/b18-12+. The van der Waals surface area contributed by atoms with Crippen molar-refractivity contribution >= 4 is 17.5 Å². The van der Waals surface area contributed by atoms with Crippen LogP contribution in [-0.4, -0.2) is 31.1 Å². The number of Topliss-reactive ketones (excluding diaryl/α,β-unsaturated/α-hetero) is 1. The number of allylic oxidation sites excluding steroid dienone is 1. The van der Waals surface area contributed by atoms with E-state index in [4.69, 9.17) is 4.74 Å². The number of rotatable bonds is 3. The van der Waals surface area contributed by atoms with E-state index in [9.17, 15) is 9.90 Å². The molecular formula is C23H25NO3. The number of ketones is 1. The molecule has 2 aliphatic rings. The first-order chi connectivity index (χ1) is 13.2. The van der Waals surface area contributed by atoms with Crippen LogP contribution in [0, 0.1) is 0 Å². The number of carbonyl (C=O) groups excluding carboxylic acids is 1. The minimum atomic E-state index is 0.0998. The van der Waals surface area contributed by atoms with Crippen molar-refractivity contribution in [3.8, 4) is 11.5 Å². The molecule has 1 aliphatic carbocycles. The summed E-state index contributed by atoms with van der Waals surface area (Å²) in [4.78, 5) is 15.4. The van der Waals surface area contributed by atoms with E-state index in [1.807, 2.05) is 6.08 Å². The number of benzene rings is 2. The van der Waals surface area contributed by atoms with Gasteiger partial charge in [0.2, 0.25) is 0 Å². The van der Waals surface area contributed by atoms with Gasteiger partial charge in [-0.3, -0.25) is 4.79 Å². The Balaban J connectivity index is 1.60. The Hall–Kier alpha value is -2.75. The van der Waals surface area contributed by atoms with E-state index in [0.717, 1.165) is 41.0 Å². The Morgan fingerprint density at radius 3 is 2.56 bits per heavy atom. The van der Waals surface area contributed by atoms with Crippen molar-refractivity contribution in [1.29, 1.82) is 0 Å². The van der Waals surface area contributed by atoms with Crippen LogP contribution in [0.15, 0.2) is 42.0 Å². The Morgan fingerprint density at radius 1 is 1.04 bits per heavy atom. The molecule has 27 heavy (non-hydrogen) atoms. The molecule has 4 rings (SSSR count). The van der Waals surface area contributed by atoms with Crippen molar-refractivity contribution in [1.82, 2.24) is 0 Å². The third-order valence-electron chi connectivity index (χ3n) is 5.53. The topological polar surface area (TPSA) is 49.8 Å². The summed E-state index contributed by atoms with van der Waals surface area (Å²) >= 11 is 0. The van der Waals surface area contributed by atoms with Gasteiger partial charge in [0.1, 0.15) is 0 Å². The Kier molecular flexibility index (Phi) is 4.88. The lowest BCUT2D eigenvalue weighted by Gasteiger charge is -2.23. The van der Waals surface area contributed by atoms with Crippen LogP contribution >= 0.6 is 0 Å². The summed E-state index contributed by atoms with van der Waals surface area (Å²) < 4.78 is 5.16. The van der Waals surface area contributed by atoms with Crippen LogP contribution in [0.4, 0.5) is 5.69 Å². The highest BCUT2D eigenvalue weighted by Gasteiger charge is 2.26. The molecule has 140 valence electrons. The van der Waals surface area contributed by atoms with Crippen molar-refractivity contribution in [3.63, 3.8) is 0 Å². The fraction of sp³-hybridized carbons (Fsp3) is 0.348. The maximum Gasteiger partial charge on any atom is 0.189 e. The highest BCUT2D eigenvalue weighted by molar-refractivity contribution is 6.16. The van der Waals surface area contributed by atoms with E-state index < -0.39 is 0 Å². The smallest absolute Gasteiger partial charge is 0.189 e. The average molecular weight is 363 g/mol. The molecule has 1 fully saturated rings. The van der Waals surface area contributed by atoms with Gasteiger partial charge in [-0.2, -0.15) is 0 Å². The first-order valence-electron chi connectivity index (χ1n) is 9.66. The zero-order valence-corrected chi connectivity index (χ0v) is 15.7. The Bertz CT molecular complexity index is 892. The van der Waals surface area contributed by atoms with Crippen LogP contribution in [-0.2, 0) is 6.42 Å². The molecule has 4 nitrogen and oxygen atoms in total. The summed E-state index contributed by atoms with van der Waals surface area (Å²) in [5, 5.41) is 9.75. The number of phenolic OH excluding ortho intramolecular Hbond substituents is 1. The van der Waals surface area contributed by atoms with Crippen LogP contribution in [0.25, 0.3) is 6.08 Å². The zero-order valence-electron chi connectivity index (χ0n) is 15.7. The fourth-order valence-corrected chi connectivity index (χ4v) is 4.02. The summed E-state index contributed by atoms with van der Waals surface area (Å²) in [7, 11) is 1.52. The van der Waals surface area contributed by atoms with Crippen molar-refractivity contribution in [2.24, 2.45) is 0 Å². The lowest BCUT2D eigenvalue weighted by atomic mass is 10.1. The largest absolute Gasteiger partial charge is 0.504 e. The maximum absolute atomic E-state index is 13.0. The molecule has 0 bridgehead atoms. The monoisotopic (exact) mass is 363 g/mol. The van der Waals surface area contributed by atoms with Crippen LogP contribution in [0.5, 0.6) is 11.5 Å². The predicted octanol–water partition coefficient (Wildman–Crippen LogP) is 4.60. The summed E-state index contributed by atoms with van der Waals surface area (Å²) in [5.74, 6) is 0.618. The predicted molar refractivity (Wildman–Crippen MR) is 108 cm³/mol. The third kappa shape index (κ3) is 3.57. The number of methoxy groups -OCH3 is 1. The van der Waals surface area contributed by atoms with E-state index in [2.05, 4.69) is 23.1 Å². The molecule has 0 aromatic heterocycles. The zero-order chi connectivity index (χ0) is 18.8. The fourth-order valence-electron chi connectivity index (χ4n) is 4.02. The highest BCUT2D eigenvalue weighted by Crippen LogP contribution is 2.33. The van der Waals surface area contributed by atoms with E-state index >= 15 is 0 Å². The first-order valence-corrected chi connectivity index (χ1v) is 9.66. The van der Waals surface area contributed by atoms with Crippen LogP contribution in [0.1, 0.15) is 47.2 Å². The van der Waals surface area contributed by atoms with E-state index in [-0.39, 0.29) is 11.5 Å². The molecule has 0 amide bonds. The number of hydrogen-bond acceptors (Lipinski definition) is 4. The van der Waals surface area contributed by atoms with Gasteiger partial charge in [0, 0.05) is 36.3 Å². The van der Waals surface area contributed by atoms with Gasteiger partial charge in [-0.1, -0.05) is 25.0 Å². The molecule has 1 aliphatic heterocycles. The molecule has 0 unspecified atom stereocenters. The van der Waals surface area contributed by atoms with Crippen LogP contribution in [0.3, 0.4) is 0 Å². The molecule has 1 saturated heterocycles. The molecule has 2 aromatic carbocycles. The molecule has 2 aromatic rings. The second-order valence-electron chi connectivity index (χ2n) is 7.35. The van der Waals surface area contributed by atoms with Crippen molar-refractivity contribution < 1.29 is 14.6 Å². The van der Waals surface area contributed by atoms with Crippen molar-refractivity contribution in [2.75, 3.05) is 25.1 Å². The average Bonchev–Trinajstić information content (AvgIpc) is 2.87. The van der Waals surface area contributed by atoms with Gasteiger partial charge in [0.05, 0.1) is 7.11 Å². The Morgan fingerprint density at radius 2 is 1.81 bits per heavy atom. The summed E-state index contributed by atoms with van der Waals surface area (Å²) in [6.45, 7) is 2.14. The third-order valence-corrected chi connectivity index (χ3v) is 5.53. The van der Waals surface area contributed by atoms with Crippen LogP contribution in [0.2, 0.25) is 0 Å².